The van der Waals surface area contributed by atoms with Crippen molar-refractivity contribution >= 4 is 17.7 Å². The second kappa shape index (κ2) is 8.24. The fourth-order valence-electron chi connectivity index (χ4n) is 2.70. The van der Waals surface area contributed by atoms with E-state index < -0.39 is 29.2 Å². The number of benzene rings is 1. The number of methoxy groups -OCH3 is 1. The van der Waals surface area contributed by atoms with Crippen LogP contribution in [0, 0.1) is 10.1 Å². The van der Waals surface area contributed by atoms with Crippen molar-refractivity contribution in [1.29, 1.82) is 0 Å². The van der Waals surface area contributed by atoms with E-state index in [1.807, 2.05) is 0 Å². The van der Waals surface area contributed by atoms with E-state index in [1.165, 1.54) is 13.2 Å². The molecule has 148 valence electrons. The second-order valence-corrected chi connectivity index (χ2v) is 7.18. The zero-order valence-corrected chi connectivity index (χ0v) is 15.9. The maximum Gasteiger partial charge on any atom is 0.410 e. The summed E-state index contributed by atoms with van der Waals surface area (Å²) in [5, 5.41) is 11.4. The number of hydrogen-bond donors (Lipinski definition) is 0. The Bertz CT molecular complexity index is 740. The Morgan fingerprint density at radius 2 is 1.78 bits per heavy atom. The van der Waals surface area contributed by atoms with E-state index in [2.05, 4.69) is 4.74 Å². The van der Waals surface area contributed by atoms with Crippen LogP contribution in [-0.2, 0) is 27.1 Å². The maximum atomic E-state index is 12.3. The van der Waals surface area contributed by atoms with Gasteiger partial charge in [-0.1, -0.05) is 0 Å². The lowest BCUT2D eigenvalue weighted by atomic mass is 10.0. The Morgan fingerprint density at radius 1 is 1.19 bits per heavy atom. The number of nitro groups is 1. The summed E-state index contributed by atoms with van der Waals surface area (Å²) in [5.74, 6) is -0.620. The molecule has 1 aromatic carbocycles. The maximum absolute atomic E-state index is 12.3. The van der Waals surface area contributed by atoms with Crippen molar-refractivity contribution in [2.75, 3.05) is 26.8 Å². The monoisotopic (exact) mass is 380 g/mol. The van der Waals surface area contributed by atoms with Crippen LogP contribution in [0.15, 0.2) is 12.1 Å². The van der Waals surface area contributed by atoms with Gasteiger partial charge in [0.15, 0.2) is 12.4 Å². The highest BCUT2D eigenvalue weighted by molar-refractivity contribution is 5.71. The number of amides is 1. The SMILES string of the molecule is COC(=O)COc1cc2c(cc1[N+](=O)[O-])CCN(C(=O)OC(C)(C)C)CC2. The molecular weight excluding hydrogens is 356 g/mol. The van der Waals surface area contributed by atoms with Gasteiger partial charge in [-0.15, -0.1) is 0 Å². The van der Waals surface area contributed by atoms with Gasteiger partial charge in [-0.25, -0.2) is 9.59 Å². The van der Waals surface area contributed by atoms with E-state index in [9.17, 15) is 19.7 Å². The Morgan fingerprint density at radius 3 is 2.30 bits per heavy atom. The molecule has 1 aliphatic heterocycles. The van der Waals surface area contributed by atoms with Crippen molar-refractivity contribution in [2.45, 2.75) is 39.2 Å². The average Bonchev–Trinajstić information content (AvgIpc) is 2.79. The smallest absolute Gasteiger partial charge is 0.410 e. The average molecular weight is 380 g/mol. The second-order valence-electron chi connectivity index (χ2n) is 7.18. The fourth-order valence-corrected chi connectivity index (χ4v) is 2.70. The van der Waals surface area contributed by atoms with Crippen LogP contribution in [0.5, 0.6) is 5.75 Å². The number of esters is 1. The van der Waals surface area contributed by atoms with Gasteiger partial charge in [0.1, 0.15) is 5.60 Å². The third-order valence-electron chi connectivity index (χ3n) is 4.00. The molecule has 1 aliphatic rings. The number of fused-ring (bicyclic) bond motifs is 1. The molecule has 1 heterocycles. The van der Waals surface area contributed by atoms with Crippen molar-refractivity contribution in [2.24, 2.45) is 0 Å². The quantitative estimate of drug-likeness (QED) is 0.448. The Labute approximate surface area is 157 Å². The van der Waals surface area contributed by atoms with E-state index in [1.54, 1.807) is 31.7 Å². The zero-order chi connectivity index (χ0) is 20.2. The van der Waals surface area contributed by atoms with Crippen molar-refractivity contribution in [3.8, 4) is 5.75 Å². The third kappa shape index (κ3) is 5.57. The summed E-state index contributed by atoms with van der Waals surface area (Å²) >= 11 is 0. The molecule has 0 spiro atoms. The van der Waals surface area contributed by atoms with E-state index in [4.69, 9.17) is 9.47 Å². The fraction of sp³-hybridized carbons (Fsp3) is 0.556. The van der Waals surface area contributed by atoms with E-state index in [0.717, 1.165) is 11.1 Å². The van der Waals surface area contributed by atoms with Gasteiger partial charge in [0.2, 0.25) is 0 Å². The lowest BCUT2D eigenvalue weighted by Gasteiger charge is -2.26. The number of nitrogens with zero attached hydrogens (tertiary/aromatic N) is 2. The lowest BCUT2D eigenvalue weighted by Crippen LogP contribution is -2.38. The van der Waals surface area contributed by atoms with Crippen LogP contribution in [0.3, 0.4) is 0 Å². The van der Waals surface area contributed by atoms with Crippen molar-refractivity contribution in [3.05, 3.63) is 33.4 Å². The molecule has 0 N–H and O–H groups in total. The van der Waals surface area contributed by atoms with Crippen LogP contribution in [0.1, 0.15) is 31.9 Å². The summed E-state index contributed by atoms with van der Waals surface area (Å²) in [7, 11) is 1.21. The first-order valence-corrected chi connectivity index (χ1v) is 8.58. The van der Waals surface area contributed by atoms with Crippen LogP contribution in [0.2, 0.25) is 0 Å². The van der Waals surface area contributed by atoms with Gasteiger partial charge in [-0.2, -0.15) is 0 Å². The Hall–Kier alpha value is -2.84. The van der Waals surface area contributed by atoms with Crippen LogP contribution in [-0.4, -0.2) is 54.3 Å². The lowest BCUT2D eigenvalue weighted by molar-refractivity contribution is -0.385. The summed E-state index contributed by atoms with van der Waals surface area (Å²) in [6.45, 7) is 5.81. The molecule has 0 bridgehead atoms. The molecule has 1 aromatic rings. The van der Waals surface area contributed by atoms with Gasteiger partial charge in [0.05, 0.1) is 12.0 Å². The highest BCUT2D eigenvalue weighted by Crippen LogP contribution is 2.32. The molecule has 0 atom stereocenters. The molecule has 27 heavy (non-hydrogen) atoms. The summed E-state index contributed by atoms with van der Waals surface area (Å²) in [5.41, 5.74) is 0.803. The molecule has 0 saturated carbocycles. The molecule has 0 fully saturated rings. The first kappa shape index (κ1) is 20.5. The molecule has 0 unspecified atom stereocenters. The molecule has 0 aromatic heterocycles. The molecule has 2 rings (SSSR count). The predicted molar refractivity (Wildman–Crippen MR) is 95.8 cm³/mol. The number of hydrogen-bond acceptors (Lipinski definition) is 7. The van der Waals surface area contributed by atoms with Gasteiger partial charge in [0, 0.05) is 19.2 Å². The standard InChI is InChI=1S/C18H24N2O7/c1-18(2,3)27-17(22)19-7-5-12-9-14(20(23)24)15(10-13(12)6-8-19)26-11-16(21)25-4/h9-10H,5-8,11H2,1-4H3. The number of ether oxygens (including phenoxy) is 3. The number of rotatable bonds is 4. The van der Waals surface area contributed by atoms with E-state index >= 15 is 0 Å². The number of nitro benzene ring substituents is 1. The summed E-state index contributed by atoms with van der Waals surface area (Å²) in [4.78, 5) is 36.0. The first-order chi connectivity index (χ1) is 12.6. The number of carbonyl (C=O) groups excluding carboxylic acids is 2. The minimum absolute atomic E-state index is 0.00914. The van der Waals surface area contributed by atoms with Crippen LogP contribution < -0.4 is 4.74 Å². The van der Waals surface area contributed by atoms with Crippen molar-refractivity contribution < 1.29 is 28.7 Å². The molecular formula is C18H24N2O7. The van der Waals surface area contributed by atoms with Crippen LogP contribution in [0.25, 0.3) is 0 Å². The molecule has 9 nitrogen and oxygen atoms in total. The Kier molecular flexibility index (Phi) is 6.24. The highest BCUT2D eigenvalue weighted by Gasteiger charge is 2.27. The van der Waals surface area contributed by atoms with E-state index in [0.29, 0.717) is 25.9 Å². The Balaban J connectivity index is 2.20. The van der Waals surface area contributed by atoms with Gasteiger partial charge in [-0.3, -0.25) is 10.1 Å². The normalized spacial score (nSPS) is 14.0. The van der Waals surface area contributed by atoms with Gasteiger partial charge >= 0.3 is 17.7 Å². The number of carbonyl (C=O) groups is 2. The van der Waals surface area contributed by atoms with E-state index in [-0.39, 0.29) is 11.4 Å². The molecule has 0 saturated heterocycles. The largest absolute Gasteiger partial charge is 0.475 e. The van der Waals surface area contributed by atoms with Crippen LogP contribution in [0.4, 0.5) is 10.5 Å². The van der Waals surface area contributed by atoms with Gasteiger partial charge in [0.25, 0.3) is 0 Å². The molecule has 0 radical (unpaired) electrons. The molecule has 0 aliphatic carbocycles. The highest BCUT2D eigenvalue weighted by atomic mass is 16.6. The summed E-state index contributed by atoms with van der Waals surface area (Å²) < 4.78 is 15.2. The van der Waals surface area contributed by atoms with Gasteiger partial charge in [-0.05, 0) is 50.8 Å². The van der Waals surface area contributed by atoms with Crippen molar-refractivity contribution in [1.82, 2.24) is 4.90 Å². The first-order valence-electron chi connectivity index (χ1n) is 8.58. The summed E-state index contributed by atoms with van der Waals surface area (Å²) in [6.07, 6.45) is 0.556. The van der Waals surface area contributed by atoms with Crippen molar-refractivity contribution in [3.63, 3.8) is 0 Å². The topological polar surface area (TPSA) is 108 Å². The summed E-state index contributed by atoms with van der Waals surface area (Å²) in [6, 6.07) is 3.01. The zero-order valence-electron chi connectivity index (χ0n) is 15.9. The minimum Gasteiger partial charge on any atom is -0.475 e. The van der Waals surface area contributed by atoms with Crippen LogP contribution >= 0.6 is 0 Å². The predicted octanol–water partition coefficient (Wildman–Crippen LogP) is 2.48. The molecule has 9 heteroatoms. The minimum atomic E-state index is -0.629. The van der Waals surface area contributed by atoms with Gasteiger partial charge < -0.3 is 19.1 Å². The third-order valence-corrected chi connectivity index (χ3v) is 4.00. The molecule has 1 amide bonds.